The summed E-state index contributed by atoms with van der Waals surface area (Å²) in [6.45, 7) is 0.710. The largest absolute Gasteiger partial charge is 0.365 e. The lowest BCUT2D eigenvalue weighted by molar-refractivity contribution is 0.936. The summed E-state index contributed by atoms with van der Waals surface area (Å²) >= 11 is 2.31. The van der Waals surface area contributed by atoms with Crippen LogP contribution in [-0.4, -0.2) is 19.5 Å². The van der Waals surface area contributed by atoms with Crippen molar-refractivity contribution >= 4 is 64.1 Å². The number of imidazole rings is 1. The molecule has 0 aliphatic rings. The van der Waals surface area contributed by atoms with Crippen molar-refractivity contribution in [1.82, 2.24) is 19.5 Å². The summed E-state index contributed by atoms with van der Waals surface area (Å²) in [5.41, 5.74) is 2.11. The van der Waals surface area contributed by atoms with Gasteiger partial charge >= 0.3 is 0 Å². The van der Waals surface area contributed by atoms with Crippen molar-refractivity contribution in [2.45, 2.75) is 6.54 Å². The van der Waals surface area contributed by atoms with Crippen molar-refractivity contribution in [3.8, 4) is 5.95 Å². The molecule has 0 saturated carbocycles. The highest BCUT2D eigenvalue weighted by Gasteiger charge is 2.09. The van der Waals surface area contributed by atoms with E-state index >= 15 is 0 Å². The van der Waals surface area contributed by atoms with Crippen LogP contribution in [0.5, 0.6) is 0 Å². The first-order valence-corrected chi connectivity index (χ1v) is 8.61. The van der Waals surface area contributed by atoms with Gasteiger partial charge in [-0.2, -0.15) is 4.98 Å². The maximum absolute atomic E-state index is 4.70. The van der Waals surface area contributed by atoms with E-state index in [0.717, 1.165) is 20.3 Å². The quantitative estimate of drug-likeness (QED) is 0.407. The predicted octanol–water partition coefficient (Wildman–Crippen LogP) is 4.88. The first kappa shape index (κ1) is 20.4. The van der Waals surface area contributed by atoms with Gasteiger partial charge in [-0.25, -0.2) is 9.97 Å². The summed E-state index contributed by atoms with van der Waals surface area (Å²) in [6.07, 6.45) is 5.27. The van der Waals surface area contributed by atoms with E-state index in [-0.39, 0.29) is 24.8 Å². The van der Waals surface area contributed by atoms with Crippen LogP contribution >= 0.6 is 47.4 Å². The molecule has 4 aromatic rings. The smallest absolute Gasteiger partial charge is 0.237 e. The van der Waals surface area contributed by atoms with E-state index in [1.165, 1.54) is 5.56 Å². The highest BCUT2D eigenvalue weighted by molar-refractivity contribution is 14.1. The van der Waals surface area contributed by atoms with Crippen molar-refractivity contribution in [2.75, 3.05) is 5.32 Å². The van der Waals surface area contributed by atoms with Gasteiger partial charge in [0.05, 0.1) is 5.52 Å². The van der Waals surface area contributed by atoms with E-state index in [1.54, 1.807) is 12.5 Å². The van der Waals surface area contributed by atoms with Crippen LogP contribution in [0.1, 0.15) is 5.56 Å². The van der Waals surface area contributed by atoms with Crippen LogP contribution in [0.4, 0.5) is 5.82 Å². The number of benzene rings is 2. The molecule has 0 fully saturated rings. The van der Waals surface area contributed by atoms with Gasteiger partial charge in [-0.05, 0) is 46.4 Å². The summed E-state index contributed by atoms with van der Waals surface area (Å²) in [5.74, 6) is 1.43. The maximum atomic E-state index is 4.70. The van der Waals surface area contributed by atoms with Crippen LogP contribution in [0, 0.1) is 3.57 Å². The minimum absolute atomic E-state index is 0. The second kappa shape index (κ2) is 9.16. The molecule has 0 saturated heterocycles. The van der Waals surface area contributed by atoms with Crippen LogP contribution in [0.3, 0.4) is 0 Å². The molecule has 0 unspecified atom stereocenters. The van der Waals surface area contributed by atoms with Crippen LogP contribution in [-0.2, 0) is 6.54 Å². The fourth-order valence-electron chi connectivity index (χ4n) is 2.50. The van der Waals surface area contributed by atoms with Crippen molar-refractivity contribution in [2.24, 2.45) is 0 Å². The van der Waals surface area contributed by atoms with Crippen LogP contribution in [0.25, 0.3) is 16.9 Å². The Morgan fingerprint density at radius 1 is 1.00 bits per heavy atom. The zero-order valence-corrected chi connectivity index (χ0v) is 17.3. The maximum Gasteiger partial charge on any atom is 0.237 e. The number of anilines is 1. The molecule has 0 aliphatic carbocycles. The molecular weight excluding hydrogens is 484 g/mol. The first-order chi connectivity index (χ1) is 11.8. The van der Waals surface area contributed by atoms with E-state index in [0.29, 0.717) is 12.5 Å². The van der Waals surface area contributed by atoms with Crippen molar-refractivity contribution in [1.29, 1.82) is 0 Å². The van der Waals surface area contributed by atoms with Gasteiger partial charge in [0.1, 0.15) is 12.1 Å². The predicted molar refractivity (Wildman–Crippen MR) is 118 cm³/mol. The third-order valence-corrected chi connectivity index (χ3v) is 4.36. The summed E-state index contributed by atoms with van der Waals surface area (Å²) in [5, 5.41) is 4.46. The molecule has 134 valence electrons. The summed E-state index contributed by atoms with van der Waals surface area (Å²) in [4.78, 5) is 13.4. The average molecular weight is 500 g/mol. The molecule has 0 radical (unpaired) electrons. The topological polar surface area (TPSA) is 55.6 Å². The molecule has 0 atom stereocenters. The Balaban J connectivity index is 0.00000121. The van der Waals surface area contributed by atoms with Gasteiger partial charge in [0.25, 0.3) is 0 Å². The van der Waals surface area contributed by atoms with Crippen LogP contribution in [0.15, 0.2) is 67.3 Å². The van der Waals surface area contributed by atoms with Crippen molar-refractivity contribution in [3.63, 3.8) is 0 Å². The van der Waals surface area contributed by atoms with Gasteiger partial charge in [-0.1, -0.05) is 30.3 Å². The van der Waals surface area contributed by atoms with Crippen molar-refractivity contribution in [3.05, 3.63) is 76.4 Å². The summed E-state index contributed by atoms with van der Waals surface area (Å²) in [7, 11) is 0. The molecule has 4 rings (SSSR count). The van der Waals surface area contributed by atoms with E-state index in [9.17, 15) is 0 Å². The zero-order chi connectivity index (χ0) is 16.4. The number of halogens is 3. The molecule has 8 heteroatoms. The minimum atomic E-state index is 0. The highest BCUT2D eigenvalue weighted by atomic mass is 127. The van der Waals surface area contributed by atoms with Crippen molar-refractivity contribution < 1.29 is 0 Å². The number of fused-ring (bicyclic) bond motifs is 1. The Morgan fingerprint density at radius 3 is 2.54 bits per heavy atom. The second-order valence-electron chi connectivity index (χ2n) is 5.34. The summed E-state index contributed by atoms with van der Waals surface area (Å²) < 4.78 is 2.97. The number of rotatable bonds is 4. The standard InChI is InChI=1S/C18H14IN5.2ClH/c19-14-6-7-16-15(10-14)17(21-11-13-4-2-1-3-5-13)23-18(22-16)24-9-8-20-12-24;;/h1-10,12H,11H2,(H,21,22,23);2*1H. The third-order valence-electron chi connectivity index (χ3n) is 3.68. The molecule has 2 aromatic heterocycles. The monoisotopic (exact) mass is 499 g/mol. The summed E-state index contributed by atoms with van der Waals surface area (Å²) in [6, 6.07) is 16.4. The van der Waals surface area contributed by atoms with E-state index in [1.807, 2.05) is 35.0 Å². The lowest BCUT2D eigenvalue weighted by atomic mass is 10.2. The normalized spacial score (nSPS) is 10.0. The number of nitrogens with one attached hydrogen (secondary N) is 1. The van der Waals surface area contributed by atoms with Crippen LogP contribution < -0.4 is 5.32 Å². The first-order valence-electron chi connectivity index (χ1n) is 7.53. The Morgan fingerprint density at radius 2 is 1.81 bits per heavy atom. The Labute approximate surface area is 177 Å². The fraction of sp³-hybridized carbons (Fsp3) is 0.0556. The third kappa shape index (κ3) is 4.44. The highest BCUT2D eigenvalue weighted by Crippen LogP contribution is 2.24. The molecule has 0 amide bonds. The SMILES string of the molecule is Cl.Cl.Ic1ccc2nc(-n3ccnc3)nc(NCc3ccccc3)c2c1. The lowest BCUT2D eigenvalue weighted by Crippen LogP contribution is -2.07. The van der Waals surface area contributed by atoms with E-state index < -0.39 is 0 Å². The fourth-order valence-corrected chi connectivity index (χ4v) is 2.99. The van der Waals surface area contributed by atoms with Gasteiger partial charge in [0.15, 0.2) is 0 Å². The molecule has 2 aromatic carbocycles. The van der Waals surface area contributed by atoms with Gasteiger partial charge in [0.2, 0.25) is 5.95 Å². The van der Waals surface area contributed by atoms with Gasteiger partial charge in [-0.3, -0.25) is 4.57 Å². The molecule has 5 nitrogen and oxygen atoms in total. The number of hydrogen-bond acceptors (Lipinski definition) is 4. The number of hydrogen-bond donors (Lipinski definition) is 1. The molecule has 0 aliphatic heterocycles. The minimum Gasteiger partial charge on any atom is -0.365 e. The molecule has 0 spiro atoms. The van der Waals surface area contributed by atoms with Gasteiger partial charge in [-0.15, -0.1) is 24.8 Å². The molecule has 1 N–H and O–H groups in total. The van der Waals surface area contributed by atoms with E-state index in [4.69, 9.17) is 4.98 Å². The zero-order valence-electron chi connectivity index (χ0n) is 13.5. The average Bonchev–Trinajstić information content (AvgIpc) is 3.15. The van der Waals surface area contributed by atoms with Gasteiger partial charge in [0, 0.05) is 27.9 Å². The second-order valence-corrected chi connectivity index (χ2v) is 6.59. The Hall–Kier alpha value is -1.90. The van der Waals surface area contributed by atoms with Gasteiger partial charge < -0.3 is 5.32 Å². The molecule has 2 heterocycles. The number of nitrogens with zero attached hydrogens (tertiary/aromatic N) is 4. The molecule has 0 bridgehead atoms. The molecule has 26 heavy (non-hydrogen) atoms. The number of aromatic nitrogens is 4. The Kier molecular flexibility index (Phi) is 7.19. The van der Waals surface area contributed by atoms with E-state index in [2.05, 4.69) is 62.1 Å². The van der Waals surface area contributed by atoms with Crippen LogP contribution in [0.2, 0.25) is 0 Å². The lowest BCUT2D eigenvalue weighted by Gasteiger charge is -2.11. The molecular formula is C18H16Cl2IN5. The Bertz CT molecular complexity index is 978.